The van der Waals surface area contributed by atoms with E-state index in [4.69, 9.17) is 0 Å². The SMILES string of the molecule is CCc1nn(C)cc1-c1ncc(C(=O)OC)s1. The number of hydrogen-bond acceptors (Lipinski definition) is 5. The largest absolute Gasteiger partial charge is 0.465 e. The van der Waals surface area contributed by atoms with Crippen LogP contribution in [0.4, 0.5) is 0 Å². The van der Waals surface area contributed by atoms with Crippen molar-refractivity contribution in [3.8, 4) is 10.6 Å². The molecule has 2 rings (SSSR count). The molecule has 5 nitrogen and oxygen atoms in total. The fraction of sp³-hybridized carbons (Fsp3) is 0.364. The molecule has 0 spiro atoms. The summed E-state index contributed by atoms with van der Waals surface area (Å²) in [5.74, 6) is -0.351. The zero-order chi connectivity index (χ0) is 12.4. The molecule has 0 bridgehead atoms. The molecule has 90 valence electrons. The molecule has 6 heteroatoms. The molecular formula is C11H13N3O2S. The van der Waals surface area contributed by atoms with Crippen molar-refractivity contribution in [1.82, 2.24) is 14.8 Å². The predicted octanol–water partition coefficient (Wildman–Crippen LogP) is 1.89. The van der Waals surface area contributed by atoms with Gasteiger partial charge in [-0.3, -0.25) is 4.68 Å². The fourth-order valence-electron chi connectivity index (χ4n) is 1.57. The van der Waals surface area contributed by atoms with Gasteiger partial charge in [-0.25, -0.2) is 9.78 Å². The maximum atomic E-state index is 11.3. The highest BCUT2D eigenvalue weighted by molar-refractivity contribution is 7.16. The molecule has 0 unspecified atom stereocenters. The van der Waals surface area contributed by atoms with Gasteiger partial charge in [-0.05, 0) is 6.42 Å². The minimum Gasteiger partial charge on any atom is -0.465 e. The first-order chi connectivity index (χ1) is 8.15. The Morgan fingerprint density at radius 1 is 1.59 bits per heavy atom. The number of carbonyl (C=O) groups excluding carboxylic acids is 1. The molecule has 0 aliphatic rings. The van der Waals surface area contributed by atoms with E-state index in [2.05, 4.69) is 14.8 Å². The van der Waals surface area contributed by atoms with Crippen molar-refractivity contribution in [3.63, 3.8) is 0 Å². The van der Waals surface area contributed by atoms with Crippen LogP contribution in [0.15, 0.2) is 12.4 Å². The zero-order valence-electron chi connectivity index (χ0n) is 9.93. The van der Waals surface area contributed by atoms with E-state index < -0.39 is 0 Å². The molecule has 2 heterocycles. The van der Waals surface area contributed by atoms with Gasteiger partial charge in [-0.2, -0.15) is 5.10 Å². The monoisotopic (exact) mass is 251 g/mol. The first kappa shape index (κ1) is 11.8. The molecule has 0 aliphatic carbocycles. The highest BCUT2D eigenvalue weighted by Gasteiger charge is 2.15. The van der Waals surface area contributed by atoms with Crippen molar-refractivity contribution in [2.45, 2.75) is 13.3 Å². The molecule has 0 saturated heterocycles. The summed E-state index contributed by atoms with van der Waals surface area (Å²) in [5, 5.41) is 5.15. The number of ether oxygens (including phenoxy) is 1. The number of methoxy groups -OCH3 is 1. The topological polar surface area (TPSA) is 57.0 Å². The first-order valence-corrected chi connectivity index (χ1v) is 6.04. The van der Waals surface area contributed by atoms with Crippen molar-refractivity contribution in [1.29, 1.82) is 0 Å². The van der Waals surface area contributed by atoms with Gasteiger partial charge in [0.05, 0.1) is 24.6 Å². The van der Waals surface area contributed by atoms with Gasteiger partial charge in [-0.1, -0.05) is 6.92 Å². The number of nitrogens with zero attached hydrogens (tertiary/aromatic N) is 3. The maximum Gasteiger partial charge on any atom is 0.349 e. The predicted molar refractivity (Wildman–Crippen MR) is 65.0 cm³/mol. The van der Waals surface area contributed by atoms with Crippen molar-refractivity contribution >= 4 is 17.3 Å². The lowest BCUT2D eigenvalue weighted by Crippen LogP contribution is -1.96. The lowest BCUT2D eigenvalue weighted by atomic mass is 10.2. The number of rotatable bonds is 3. The van der Waals surface area contributed by atoms with Crippen molar-refractivity contribution < 1.29 is 9.53 Å². The smallest absolute Gasteiger partial charge is 0.349 e. The highest BCUT2D eigenvalue weighted by atomic mass is 32.1. The van der Waals surface area contributed by atoms with Gasteiger partial charge in [0.2, 0.25) is 0 Å². The molecule has 2 aromatic rings. The summed E-state index contributed by atoms with van der Waals surface area (Å²) in [6.07, 6.45) is 4.29. The molecule has 0 aromatic carbocycles. The van der Waals surface area contributed by atoms with Gasteiger partial charge in [0.25, 0.3) is 0 Å². The third-order valence-corrected chi connectivity index (χ3v) is 3.37. The van der Waals surface area contributed by atoms with Gasteiger partial charge in [0.15, 0.2) is 0 Å². The highest BCUT2D eigenvalue weighted by Crippen LogP contribution is 2.28. The van der Waals surface area contributed by atoms with Crippen LogP contribution in [0.25, 0.3) is 10.6 Å². The van der Waals surface area contributed by atoms with E-state index in [9.17, 15) is 4.79 Å². The summed E-state index contributed by atoms with van der Waals surface area (Å²) in [7, 11) is 3.24. The van der Waals surface area contributed by atoms with E-state index in [0.29, 0.717) is 4.88 Å². The normalized spacial score (nSPS) is 10.5. The Balaban J connectivity index is 2.39. The van der Waals surface area contributed by atoms with Crippen LogP contribution in [0.1, 0.15) is 22.3 Å². The Labute approximate surface area is 103 Å². The van der Waals surface area contributed by atoms with Crippen LogP contribution in [0.3, 0.4) is 0 Å². The standard InChI is InChI=1S/C11H13N3O2S/c1-4-8-7(6-14(2)13-8)10-12-5-9(17-10)11(15)16-3/h5-6H,4H2,1-3H3. The fourth-order valence-corrected chi connectivity index (χ4v) is 2.43. The Kier molecular flexibility index (Phi) is 3.23. The molecule has 0 fully saturated rings. The number of aryl methyl sites for hydroxylation is 2. The van der Waals surface area contributed by atoms with Gasteiger partial charge in [0, 0.05) is 13.2 Å². The third kappa shape index (κ3) is 2.21. The van der Waals surface area contributed by atoms with Gasteiger partial charge in [-0.15, -0.1) is 11.3 Å². The van der Waals surface area contributed by atoms with Crippen LogP contribution in [0.5, 0.6) is 0 Å². The summed E-state index contributed by atoms with van der Waals surface area (Å²) in [5.41, 5.74) is 1.97. The molecule has 0 saturated carbocycles. The second-order valence-corrected chi connectivity index (χ2v) is 4.57. The van der Waals surface area contributed by atoms with Crippen LogP contribution in [-0.2, 0) is 18.2 Å². The van der Waals surface area contributed by atoms with Crippen molar-refractivity contribution in [2.24, 2.45) is 7.05 Å². The van der Waals surface area contributed by atoms with E-state index in [1.54, 1.807) is 4.68 Å². The van der Waals surface area contributed by atoms with Crippen LogP contribution in [0.2, 0.25) is 0 Å². The molecule has 0 N–H and O–H groups in total. The number of aromatic nitrogens is 3. The quantitative estimate of drug-likeness (QED) is 0.782. The average molecular weight is 251 g/mol. The van der Waals surface area contributed by atoms with Crippen LogP contribution in [-0.4, -0.2) is 27.8 Å². The van der Waals surface area contributed by atoms with Gasteiger partial charge >= 0.3 is 5.97 Å². The summed E-state index contributed by atoms with van der Waals surface area (Å²) >= 11 is 1.32. The molecule has 0 radical (unpaired) electrons. The summed E-state index contributed by atoms with van der Waals surface area (Å²) in [6, 6.07) is 0. The van der Waals surface area contributed by atoms with E-state index >= 15 is 0 Å². The molecule has 0 amide bonds. The third-order valence-electron chi connectivity index (χ3n) is 2.36. The Morgan fingerprint density at radius 2 is 2.35 bits per heavy atom. The molecular weight excluding hydrogens is 238 g/mol. The lowest BCUT2D eigenvalue weighted by Gasteiger charge is -1.93. The second-order valence-electron chi connectivity index (χ2n) is 3.54. The van der Waals surface area contributed by atoms with Crippen molar-refractivity contribution in [3.05, 3.63) is 23.0 Å². The van der Waals surface area contributed by atoms with Gasteiger partial charge in [0.1, 0.15) is 9.88 Å². The molecule has 0 atom stereocenters. The molecule has 0 aliphatic heterocycles. The minimum atomic E-state index is -0.351. The van der Waals surface area contributed by atoms with E-state index in [-0.39, 0.29) is 5.97 Å². The van der Waals surface area contributed by atoms with Crippen LogP contribution < -0.4 is 0 Å². The number of esters is 1. The van der Waals surface area contributed by atoms with E-state index in [1.165, 1.54) is 24.6 Å². The number of thiazole rings is 1. The van der Waals surface area contributed by atoms with Crippen LogP contribution in [0, 0.1) is 0 Å². The maximum absolute atomic E-state index is 11.3. The summed E-state index contributed by atoms with van der Waals surface area (Å²) in [6.45, 7) is 2.04. The molecule has 2 aromatic heterocycles. The second kappa shape index (κ2) is 4.67. The minimum absolute atomic E-state index is 0.351. The van der Waals surface area contributed by atoms with Gasteiger partial charge < -0.3 is 4.74 Å². The Bertz CT molecular complexity index is 545. The Morgan fingerprint density at radius 3 is 3.00 bits per heavy atom. The number of carbonyl (C=O) groups is 1. The lowest BCUT2D eigenvalue weighted by molar-refractivity contribution is 0.0606. The molecule has 17 heavy (non-hydrogen) atoms. The van der Waals surface area contributed by atoms with Crippen LogP contribution >= 0.6 is 11.3 Å². The average Bonchev–Trinajstić information content (AvgIpc) is 2.93. The Hall–Kier alpha value is -1.69. The number of hydrogen-bond donors (Lipinski definition) is 0. The summed E-state index contributed by atoms with van der Waals surface area (Å²) < 4.78 is 6.42. The zero-order valence-corrected chi connectivity index (χ0v) is 10.7. The first-order valence-electron chi connectivity index (χ1n) is 5.22. The van der Waals surface area contributed by atoms with Crippen molar-refractivity contribution in [2.75, 3.05) is 7.11 Å². The summed E-state index contributed by atoms with van der Waals surface area (Å²) in [4.78, 5) is 16.1. The van der Waals surface area contributed by atoms with E-state index in [0.717, 1.165) is 22.7 Å². The van der Waals surface area contributed by atoms with E-state index in [1.807, 2.05) is 20.2 Å².